The lowest BCUT2D eigenvalue weighted by Gasteiger charge is -2.32. The summed E-state index contributed by atoms with van der Waals surface area (Å²) < 4.78 is 4.30. The number of aliphatic hydroxyl groups is 2. The zero-order valence-corrected chi connectivity index (χ0v) is 21.4. The molecule has 0 aliphatic carbocycles. The Labute approximate surface area is 219 Å². The summed E-state index contributed by atoms with van der Waals surface area (Å²) in [4.78, 5) is 18.3. The molecule has 2 unspecified atom stereocenters. The number of hydrogen-bond acceptors (Lipinski definition) is 5. The molecule has 0 saturated carbocycles. The Morgan fingerprint density at radius 2 is 1.55 bits per heavy atom. The van der Waals surface area contributed by atoms with Crippen LogP contribution < -0.4 is 5.32 Å². The fourth-order valence-corrected chi connectivity index (χ4v) is 7.08. The SMILES string of the molecule is CN1CCN(Cc2ccc3c(c2)c2c4c(c5c6ccccc6n6c5c2n3CC(O)C(O)C6)CNC4=O)CC1. The molecule has 3 aliphatic heterocycles. The maximum Gasteiger partial charge on any atom is 0.252 e. The highest BCUT2D eigenvalue weighted by atomic mass is 16.3. The summed E-state index contributed by atoms with van der Waals surface area (Å²) in [6, 6.07) is 14.8. The quantitative estimate of drug-likeness (QED) is 0.341. The number of nitrogens with one attached hydrogen (secondary N) is 1. The largest absolute Gasteiger partial charge is 0.388 e. The lowest BCUT2D eigenvalue weighted by atomic mass is 9.96. The molecule has 194 valence electrons. The van der Waals surface area contributed by atoms with Gasteiger partial charge in [0.15, 0.2) is 0 Å². The van der Waals surface area contributed by atoms with Gasteiger partial charge in [0.1, 0.15) is 0 Å². The second kappa shape index (κ2) is 8.04. The Bertz CT molecular complexity index is 1790. The minimum Gasteiger partial charge on any atom is -0.388 e. The number of aliphatic hydroxyl groups excluding tert-OH is 2. The van der Waals surface area contributed by atoms with E-state index in [-0.39, 0.29) is 12.5 Å². The molecular formula is C30H31N5O3. The topological polar surface area (TPSA) is 85.9 Å². The molecule has 8 nitrogen and oxygen atoms in total. The van der Waals surface area contributed by atoms with E-state index in [1.165, 1.54) is 5.56 Å². The maximum atomic E-state index is 13.4. The van der Waals surface area contributed by atoms with Crippen molar-refractivity contribution < 1.29 is 15.0 Å². The van der Waals surface area contributed by atoms with Crippen LogP contribution >= 0.6 is 0 Å². The van der Waals surface area contributed by atoms with Gasteiger partial charge in [0.2, 0.25) is 0 Å². The average Bonchev–Trinajstić information content (AvgIpc) is 3.55. The second-order valence-corrected chi connectivity index (χ2v) is 11.3. The number of rotatable bonds is 2. The van der Waals surface area contributed by atoms with Crippen LogP contribution in [0.15, 0.2) is 42.5 Å². The first-order valence-corrected chi connectivity index (χ1v) is 13.6. The molecular weight excluding hydrogens is 478 g/mol. The summed E-state index contributed by atoms with van der Waals surface area (Å²) in [7, 11) is 2.17. The van der Waals surface area contributed by atoms with E-state index in [0.717, 1.165) is 87.5 Å². The Hall–Kier alpha value is -3.43. The highest BCUT2D eigenvalue weighted by Crippen LogP contribution is 2.45. The number of nitrogens with zero attached hydrogens (tertiary/aromatic N) is 4. The van der Waals surface area contributed by atoms with Crippen LogP contribution in [0.2, 0.25) is 0 Å². The van der Waals surface area contributed by atoms with Gasteiger partial charge >= 0.3 is 0 Å². The summed E-state index contributed by atoms with van der Waals surface area (Å²) in [5.74, 6) is -0.0371. The van der Waals surface area contributed by atoms with E-state index in [4.69, 9.17) is 0 Å². The number of piperazine rings is 1. The summed E-state index contributed by atoms with van der Waals surface area (Å²) >= 11 is 0. The third-order valence-electron chi connectivity index (χ3n) is 9.01. The molecule has 0 radical (unpaired) electrons. The Morgan fingerprint density at radius 3 is 2.32 bits per heavy atom. The normalized spacial score (nSPS) is 22.6. The van der Waals surface area contributed by atoms with Crippen molar-refractivity contribution in [3.63, 3.8) is 0 Å². The molecule has 0 spiro atoms. The monoisotopic (exact) mass is 509 g/mol. The number of benzene rings is 3. The Balaban J connectivity index is 1.48. The van der Waals surface area contributed by atoms with Crippen LogP contribution in [0.1, 0.15) is 21.5 Å². The van der Waals surface area contributed by atoms with Crippen LogP contribution in [0, 0.1) is 0 Å². The molecule has 0 bridgehead atoms. The van der Waals surface area contributed by atoms with Gasteiger partial charge in [-0.2, -0.15) is 0 Å². The van der Waals surface area contributed by atoms with E-state index >= 15 is 0 Å². The third-order valence-corrected chi connectivity index (χ3v) is 9.01. The van der Waals surface area contributed by atoms with E-state index in [0.29, 0.717) is 13.1 Å². The standard InChI is InChI=1S/C30H31N5O3/c1-32-8-10-33(11-9-32)14-17-6-7-22-19(12-17)26-27-20(13-31-30(27)38)25-18-4-2-3-5-21(18)34-15-23(36)24(37)16-35(22)29(26)28(25)34/h2-7,12,23-24,36-37H,8-11,13-16H2,1H3,(H,31,38). The Morgan fingerprint density at radius 1 is 0.868 bits per heavy atom. The van der Waals surface area contributed by atoms with Gasteiger partial charge in [-0.25, -0.2) is 0 Å². The van der Waals surface area contributed by atoms with E-state index in [9.17, 15) is 15.0 Å². The number of amides is 1. The molecule has 2 aromatic heterocycles. The van der Waals surface area contributed by atoms with E-state index in [1.807, 2.05) is 12.1 Å². The lowest BCUT2D eigenvalue weighted by molar-refractivity contribution is 0.00168. The van der Waals surface area contributed by atoms with Crippen molar-refractivity contribution in [1.29, 1.82) is 0 Å². The fourth-order valence-electron chi connectivity index (χ4n) is 7.08. The van der Waals surface area contributed by atoms with Crippen molar-refractivity contribution in [2.24, 2.45) is 0 Å². The predicted molar refractivity (Wildman–Crippen MR) is 148 cm³/mol. The number of para-hydroxylation sites is 1. The van der Waals surface area contributed by atoms with Crippen molar-refractivity contribution in [1.82, 2.24) is 24.3 Å². The van der Waals surface area contributed by atoms with Crippen molar-refractivity contribution in [3.05, 3.63) is 59.2 Å². The summed E-state index contributed by atoms with van der Waals surface area (Å²) in [6.07, 6.45) is -1.83. The van der Waals surface area contributed by atoms with Crippen LogP contribution in [0.25, 0.3) is 43.6 Å². The van der Waals surface area contributed by atoms with Gasteiger partial charge < -0.3 is 29.6 Å². The van der Waals surface area contributed by atoms with Crippen molar-refractivity contribution in [2.45, 2.75) is 38.4 Å². The predicted octanol–water partition coefficient (Wildman–Crippen LogP) is 2.63. The first-order chi connectivity index (χ1) is 18.5. The molecule has 8 heteroatoms. The molecule has 8 rings (SSSR count). The van der Waals surface area contributed by atoms with Gasteiger partial charge in [-0.3, -0.25) is 9.69 Å². The molecule has 1 amide bonds. The van der Waals surface area contributed by atoms with Gasteiger partial charge in [-0.05, 0) is 36.4 Å². The van der Waals surface area contributed by atoms with Crippen LogP contribution in [-0.2, 0) is 26.2 Å². The zero-order valence-electron chi connectivity index (χ0n) is 21.4. The number of hydrogen-bond donors (Lipinski definition) is 3. The van der Waals surface area contributed by atoms with E-state index in [2.05, 4.69) is 61.6 Å². The maximum absolute atomic E-state index is 13.4. The minimum absolute atomic E-state index is 0.0371. The molecule has 38 heavy (non-hydrogen) atoms. The molecule has 3 aliphatic rings. The van der Waals surface area contributed by atoms with Crippen molar-refractivity contribution in [3.8, 4) is 0 Å². The molecule has 5 aromatic rings. The Kier molecular flexibility index (Phi) is 4.77. The van der Waals surface area contributed by atoms with Crippen LogP contribution in [0.5, 0.6) is 0 Å². The lowest BCUT2D eigenvalue weighted by Crippen LogP contribution is -2.43. The number of likely N-dealkylation sites (N-methyl/N-ethyl adjacent to an activating group) is 1. The van der Waals surface area contributed by atoms with Crippen LogP contribution in [0.4, 0.5) is 0 Å². The highest BCUT2D eigenvalue weighted by Gasteiger charge is 2.34. The molecule has 1 saturated heterocycles. The average molecular weight is 510 g/mol. The van der Waals surface area contributed by atoms with Crippen molar-refractivity contribution >= 4 is 49.5 Å². The summed E-state index contributed by atoms with van der Waals surface area (Å²) in [6.45, 7) is 6.16. The first kappa shape index (κ1) is 22.5. The molecule has 2 atom stereocenters. The smallest absolute Gasteiger partial charge is 0.252 e. The van der Waals surface area contributed by atoms with E-state index in [1.54, 1.807) is 0 Å². The third kappa shape index (κ3) is 3.03. The molecule has 3 aromatic carbocycles. The highest BCUT2D eigenvalue weighted by molar-refractivity contribution is 6.30. The first-order valence-electron chi connectivity index (χ1n) is 13.6. The molecule has 5 heterocycles. The number of carbonyl (C=O) groups is 1. The zero-order chi connectivity index (χ0) is 25.7. The van der Waals surface area contributed by atoms with Gasteiger partial charge in [-0.1, -0.05) is 24.3 Å². The fraction of sp³-hybridized carbons (Fsp3) is 0.367. The molecule has 3 N–H and O–H groups in total. The second-order valence-electron chi connectivity index (χ2n) is 11.3. The summed E-state index contributed by atoms with van der Waals surface area (Å²) in [5.41, 5.74) is 7.03. The van der Waals surface area contributed by atoms with Gasteiger partial charge in [0.05, 0.1) is 41.9 Å². The number of aromatic nitrogens is 2. The van der Waals surface area contributed by atoms with Gasteiger partial charge in [0, 0.05) is 71.8 Å². The molecule has 1 fully saturated rings. The minimum atomic E-state index is -0.926. The van der Waals surface area contributed by atoms with Crippen LogP contribution in [0.3, 0.4) is 0 Å². The number of fused-ring (bicyclic) bond motifs is 9. The van der Waals surface area contributed by atoms with Gasteiger partial charge in [0.25, 0.3) is 5.91 Å². The summed E-state index contributed by atoms with van der Waals surface area (Å²) in [5, 5.41) is 29.4. The number of carbonyl (C=O) groups excluding carboxylic acids is 1. The van der Waals surface area contributed by atoms with Crippen LogP contribution in [-0.4, -0.2) is 80.5 Å². The van der Waals surface area contributed by atoms with Crippen molar-refractivity contribution in [2.75, 3.05) is 33.2 Å². The van der Waals surface area contributed by atoms with Gasteiger partial charge in [-0.15, -0.1) is 0 Å². The van der Waals surface area contributed by atoms with E-state index < -0.39 is 12.2 Å².